The number of H-pyrrole nitrogens is 1. The lowest BCUT2D eigenvalue weighted by Gasteiger charge is -2.23. The Bertz CT molecular complexity index is 1190. The minimum atomic E-state index is -1.26. The maximum atomic E-state index is 13.2. The van der Waals surface area contributed by atoms with Crippen molar-refractivity contribution in [2.75, 3.05) is 13.7 Å². The largest absolute Gasteiger partial charge is 0.497 e. The molecule has 0 unspecified atom stereocenters. The standard InChI is InChI=1S/C25H29N5O4/c1-15(2)13-20(22-27-18-7-5-6-8-19(18)28-22)26-21(31)14-30-23(32)25(3,29-24(30)33)16-9-11-17(34-4)12-10-16/h5-12,15,20H,13-14H2,1-4H3,(H,26,31)(H,27,28)(H,29,33)/t20-,25+/m0/s1. The molecule has 0 saturated carbocycles. The summed E-state index contributed by atoms with van der Waals surface area (Å²) in [5.74, 6) is 0.648. The molecule has 34 heavy (non-hydrogen) atoms. The molecule has 1 aliphatic heterocycles. The van der Waals surface area contributed by atoms with Crippen LogP contribution >= 0.6 is 0 Å². The van der Waals surface area contributed by atoms with E-state index in [0.717, 1.165) is 15.9 Å². The van der Waals surface area contributed by atoms with Crippen LogP contribution in [0.15, 0.2) is 48.5 Å². The molecular weight excluding hydrogens is 434 g/mol. The van der Waals surface area contributed by atoms with Crippen molar-refractivity contribution in [2.24, 2.45) is 5.92 Å². The Morgan fingerprint density at radius 1 is 1.15 bits per heavy atom. The number of nitrogens with zero attached hydrogens (tertiary/aromatic N) is 2. The summed E-state index contributed by atoms with van der Waals surface area (Å²) in [4.78, 5) is 47.6. The van der Waals surface area contributed by atoms with Crippen LogP contribution in [0.5, 0.6) is 5.75 Å². The zero-order chi connectivity index (χ0) is 24.5. The lowest BCUT2D eigenvalue weighted by atomic mass is 9.92. The number of amides is 4. The summed E-state index contributed by atoms with van der Waals surface area (Å²) >= 11 is 0. The number of fused-ring (bicyclic) bond motifs is 1. The summed E-state index contributed by atoms with van der Waals surface area (Å²) in [5, 5.41) is 5.68. The molecule has 9 nitrogen and oxygen atoms in total. The van der Waals surface area contributed by atoms with Gasteiger partial charge < -0.3 is 20.4 Å². The molecule has 9 heteroatoms. The first-order valence-electron chi connectivity index (χ1n) is 11.2. The number of hydrogen-bond donors (Lipinski definition) is 3. The molecule has 0 spiro atoms. The van der Waals surface area contributed by atoms with Crippen LogP contribution in [0, 0.1) is 5.92 Å². The number of para-hydroxylation sites is 2. The topological polar surface area (TPSA) is 116 Å². The van der Waals surface area contributed by atoms with Crippen LogP contribution in [0.1, 0.15) is 44.6 Å². The summed E-state index contributed by atoms with van der Waals surface area (Å²) in [6.07, 6.45) is 0.648. The fraction of sp³-hybridized carbons (Fsp3) is 0.360. The second-order valence-corrected chi connectivity index (χ2v) is 9.06. The lowest BCUT2D eigenvalue weighted by molar-refractivity contribution is -0.135. The molecule has 0 radical (unpaired) electrons. The van der Waals surface area contributed by atoms with E-state index >= 15 is 0 Å². The third-order valence-corrected chi connectivity index (χ3v) is 6.02. The average molecular weight is 464 g/mol. The molecule has 2 aromatic carbocycles. The van der Waals surface area contributed by atoms with Crippen molar-refractivity contribution in [3.8, 4) is 5.75 Å². The van der Waals surface area contributed by atoms with E-state index in [1.807, 2.05) is 24.3 Å². The molecular formula is C25H29N5O4. The van der Waals surface area contributed by atoms with Gasteiger partial charge in [0.1, 0.15) is 23.7 Å². The number of methoxy groups -OCH3 is 1. The molecule has 1 fully saturated rings. The van der Waals surface area contributed by atoms with E-state index in [4.69, 9.17) is 4.74 Å². The first-order valence-corrected chi connectivity index (χ1v) is 11.2. The third kappa shape index (κ3) is 4.46. The normalized spacial score (nSPS) is 18.9. The molecule has 4 amide bonds. The Labute approximate surface area is 197 Å². The molecule has 1 saturated heterocycles. The molecule has 2 heterocycles. The Hall–Kier alpha value is -3.88. The predicted octanol–water partition coefficient (Wildman–Crippen LogP) is 3.24. The van der Waals surface area contributed by atoms with Gasteiger partial charge in [-0.15, -0.1) is 0 Å². The van der Waals surface area contributed by atoms with Crippen LogP contribution in [-0.4, -0.2) is 46.4 Å². The average Bonchev–Trinajstić information content (AvgIpc) is 3.34. The van der Waals surface area contributed by atoms with E-state index in [1.165, 1.54) is 0 Å². The van der Waals surface area contributed by atoms with Gasteiger partial charge in [0.2, 0.25) is 5.91 Å². The summed E-state index contributed by atoms with van der Waals surface area (Å²) in [7, 11) is 1.55. The fourth-order valence-corrected chi connectivity index (χ4v) is 4.19. The first-order chi connectivity index (χ1) is 16.2. The second-order valence-electron chi connectivity index (χ2n) is 9.06. The van der Waals surface area contributed by atoms with E-state index in [1.54, 1.807) is 38.3 Å². The summed E-state index contributed by atoms with van der Waals surface area (Å²) in [6.45, 7) is 5.35. The molecule has 178 valence electrons. The molecule has 0 bridgehead atoms. The van der Waals surface area contributed by atoms with Gasteiger partial charge >= 0.3 is 6.03 Å². The van der Waals surface area contributed by atoms with Gasteiger partial charge in [0.25, 0.3) is 5.91 Å². The zero-order valence-electron chi connectivity index (χ0n) is 19.7. The highest BCUT2D eigenvalue weighted by Gasteiger charge is 2.49. The van der Waals surface area contributed by atoms with Crippen molar-refractivity contribution >= 4 is 28.9 Å². The molecule has 0 aliphatic carbocycles. The van der Waals surface area contributed by atoms with Crippen molar-refractivity contribution in [1.82, 2.24) is 25.5 Å². The molecule has 3 N–H and O–H groups in total. The van der Waals surface area contributed by atoms with Crippen LogP contribution in [-0.2, 0) is 15.1 Å². The van der Waals surface area contributed by atoms with Crippen molar-refractivity contribution in [3.63, 3.8) is 0 Å². The number of ether oxygens (including phenoxy) is 1. The quantitative estimate of drug-likeness (QED) is 0.444. The maximum absolute atomic E-state index is 13.2. The summed E-state index contributed by atoms with van der Waals surface area (Å²) < 4.78 is 5.16. The monoisotopic (exact) mass is 463 g/mol. The highest BCUT2D eigenvalue weighted by atomic mass is 16.5. The zero-order valence-corrected chi connectivity index (χ0v) is 19.7. The number of nitrogens with one attached hydrogen (secondary N) is 3. The van der Waals surface area contributed by atoms with E-state index in [2.05, 4.69) is 34.4 Å². The molecule has 1 aliphatic rings. The Kier molecular flexibility index (Phi) is 6.28. The lowest BCUT2D eigenvalue weighted by Crippen LogP contribution is -2.44. The Morgan fingerprint density at radius 2 is 1.85 bits per heavy atom. The number of aromatic nitrogens is 2. The highest BCUT2D eigenvalue weighted by molar-refractivity contribution is 6.09. The SMILES string of the molecule is COc1ccc([C@@]2(C)NC(=O)N(CC(=O)N[C@@H](CC(C)C)c3nc4ccccc4[nH]3)C2=O)cc1. The number of carbonyl (C=O) groups excluding carboxylic acids is 3. The van der Waals surface area contributed by atoms with Gasteiger partial charge in [0.05, 0.1) is 24.2 Å². The van der Waals surface area contributed by atoms with E-state index < -0.39 is 23.4 Å². The first kappa shape index (κ1) is 23.3. The smallest absolute Gasteiger partial charge is 0.325 e. The Balaban J connectivity index is 1.50. The van der Waals surface area contributed by atoms with Crippen LogP contribution in [0.3, 0.4) is 0 Å². The molecule has 2 atom stereocenters. The number of hydrogen-bond acceptors (Lipinski definition) is 5. The van der Waals surface area contributed by atoms with Crippen molar-refractivity contribution in [1.29, 1.82) is 0 Å². The van der Waals surface area contributed by atoms with E-state index in [9.17, 15) is 14.4 Å². The fourth-order valence-electron chi connectivity index (χ4n) is 4.19. The van der Waals surface area contributed by atoms with Crippen molar-refractivity contribution in [3.05, 3.63) is 59.9 Å². The van der Waals surface area contributed by atoms with Gasteiger partial charge in [-0.05, 0) is 49.1 Å². The number of imidazole rings is 1. The predicted molar refractivity (Wildman–Crippen MR) is 127 cm³/mol. The van der Waals surface area contributed by atoms with Gasteiger partial charge in [0, 0.05) is 0 Å². The van der Waals surface area contributed by atoms with E-state index in [-0.39, 0.29) is 18.5 Å². The van der Waals surface area contributed by atoms with Crippen LogP contribution in [0.25, 0.3) is 11.0 Å². The number of imide groups is 1. The van der Waals surface area contributed by atoms with Gasteiger partial charge in [-0.2, -0.15) is 0 Å². The number of carbonyl (C=O) groups is 3. The van der Waals surface area contributed by atoms with Crippen molar-refractivity contribution < 1.29 is 19.1 Å². The summed E-state index contributed by atoms with van der Waals surface area (Å²) in [6, 6.07) is 13.5. The number of urea groups is 1. The van der Waals surface area contributed by atoms with Gasteiger partial charge in [-0.3, -0.25) is 14.5 Å². The Morgan fingerprint density at radius 3 is 2.50 bits per heavy atom. The number of benzene rings is 2. The van der Waals surface area contributed by atoms with Gasteiger partial charge in [-0.25, -0.2) is 9.78 Å². The minimum Gasteiger partial charge on any atom is -0.497 e. The van der Waals surface area contributed by atoms with E-state index in [0.29, 0.717) is 23.6 Å². The molecule has 3 aromatic rings. The molecule has 4 rings (SSSR count). The van der Waals surface area contributed by atoms with Gasteiger partial charge in [0.15, 0.2) is 0 Å². The highest BCUT2D eigenvalue weighted by Crippen LogP contribution is 2.30. The minimum absolute atomic E-state index is 0.286. The van der Waals surface area contributed by atoms with Crippen molar-refractivity contribution in [2.45, 2.75) is 38.8 Å². The van der Waals surface area contributed by atoms with Gasteiger partial charge in [-0.1, -0.05) is 38.1 Å². The number of aromatic amines is 1. The number of rotatable bonds is 8. The second kappa shape index (κ2) is 9.17. The van der Waals surface area contributed by atoms with Crippen LogP contribution in [0.2, 0.25) is 0 Å². The molecule has 1 aromatic heterocycles. The summed E-state index contributed by atoms with van der Waals surface area (Å²) in [5.41, 5.74) is 1.03. The maximum Gasteiger partial charge on any atom is 0.325 e. The van der Waals surface area contributed by atoms with Crippen LogP contribution < -0.4 is 15.4 Å². The third-order valence-electron chi connectivity index (χ3n) is 6.02. The van der Waals surface area contributed by atoms with Crippen LogP contribution in [0.4, 0.5) is 4.79 Å².